The molecule has 8 atom stereocenters. The Hall–Kier alpha value is -6.87. The van der Waals surface area contributed by atoms with Crippen molar-refractivity contribution in [2.75, 3.05) is 0 Å². The zero-order chi connectivity index (χ0) is 72.6. The Balaban J connectivity index is 0.000000134. The number of aromatic hydroxyl groups is 4. The first-order chi connectivity index (χ1) is 50.3. The molecular weight excluding hydrogens is 1340 g/mol. The summed E-state index contributed by atoms with van der Waals surface area (Å²) in [5.74, 6) is 7.40. The minimum Gasteiger partial charge on any atom is -0.508 e. The van der Waals surface area contributed by atoms with E-state index in [2.05, 4.69) is 146 Å². The third-order valence-corrected chi connectivity index (χ3v) is 26.1. The van der Waals surface area contributed by atoms with E-state index in [0.717, 1.165) is 69.6 Å². The molecule has 4 saturated carbocycles. The Kier molecular flexibility index (Phi) is 25.6. The molecule has 9 fully saturated rings. The van der Waals surface area contributed by atoms with Crippen LogP contribution in [-0.2, 0) is 38.2 Å². The van der Waals surface area contributed by atoms with Crippen molar-refractivity contribution < 1.29 is 36.9 Å². The predicted octanol–water partition coefficient (Wildman–Crippen LogP) is 17.5. The van der Waals surface area contributed by atoms with Crippen LogP contribution in [0.1, 0.15) is 203 Å². The van der Waals surface area contributed by atoms with Gasteiger partial charge in [0.2, 0.25) is 0 Å². The van der Waals surface area contributed by atoms with Crippen LogP contribution in [0.2, 0.25) is 0 Å². The Morgan fingerprint density at radius 3 is 0.486 bits per heavy atom. The third kappa shape index (κ3) is 17.3. The van der Waals surface area contributed by atoms with Gasteiger partial charge in [-0.05, 0) is 145 Å². The third-order valence-electron chi connectivity index (χ3n) is 26.1. The van der Waals surface area contributed by atoms with Crippen molar-refractivity contribution in [3.8, 4) is 23.0 Å². The molecule has 5 aliphatic heterocycles. The summed E-state index contributed by atoms with van der Waals surface area (Å²) in [4.78, 5) is 0. The molecule has 5 heterocycles. The van der Waals surface area contributed by atoms with Crippen LogP contribution in [-0.4, -0.2) is 69.8 Å². The molecule has 0 spiro atoms. The molecule has 12 nitrogen and oxygen atoms in total. The van der Waals surface area contributed by atoms with Crippen LogP contribution in [0.5, 0.6) is 23.0 Å². The van der Waals surface area contributed by atoms with E-state index in [1.54, 1.807) is 24.3 Å². The minimum absolute atomic E-state index is 0. The van der Waals surface area contributed by atoms with E-state index in [1.165, 1.54) is 125 Å². The van der Waals surface area contributed by atoms with E-state index >= 15 is 0 Å². The van der Waals surface area contributed by atoms with E-state index in [-0.39, 0.29) is 38.2 Å². The molecule has 9 aliphatic rings. The van der Waals surface area contributed by atoms with Crippen molar-refractivity contribution in [2.24, 2.45) is 47.3 Å². The van der Waals surface area contributed by atoms with Crippen molar-refractivity contribution in [2.45, 2.75) is 229 Å². The fourth-order valence-corrected chi connectivity index (χ4v) is 20.0. The van der Waals surface area contributed by atoms with Gasteiger partial charge in [0.25, 0.3) is 0 Å². The first-order valence-corrected chi connectivity index (χ1v) is 39.7. The fourth-order valence-electron chi connectivity index (χ4n) is 20.0. The van der Waals surface area contributed by atoms with Gasteiger partial charge in [0.05, 0.1) is 49.3 Å². The summed E-state index contributed by atoms with van der Waals surface area (Å²) >= 11 is 0. The average Bonchev–Trinajstić information content (AvgIpc) is 1.63. The maximum Gasteiger partial charge on any atom is 0.119 e. The van der Waals surface area contributed by atoms with E-state index in [9.17, 15) is 20.4 Å². The van der Waals surface area contributed by atoms with Crippen molar-refractivity contribution in [3.63, 3.8) is 0 Å². The van der Waals surface area contributed by atoms with Gasteiger partial charge in [0.1, 0.15) is 23.0 Å². The molecular formula is C92H120N8NiO4. The first kappa shape index (κ1) is 77.7. The van der Waals surface area contributed by atoms with Gasteiger partial charge in [-0.25, -0.2) is 0 Å². The molecule has 4 aliphatic carbocycles. The molecule has 12 N–H and O–H groups in total. The first-order valence-electron chi connectivity index (χ1n) is 39.7. The summed E-state index contributed by atoms with van der Waals surface area (Å²) in [5, 5.41) is 73.4. The van der Waals surface area contributed by atoms with E-state index in [0.29, 0.717) is 72.3 Å². The quantitative estimate of drug-likeness (QED) is 0.0650. The van der Waals surface area contributed by atoms with Crippen LogP contribution in [0.25, 0.3) is 0 Å². The maximum atomic E-state index is 9.91. The number of para-hydroxylation sites is 4. The van der Waals surface area contributed by atoms with Crippen LogP contribution in [0.15, 0.2) is 218 Å². The number of benzene rings is 8. The van der Waals surface area contributed by atoms with Crippen LogP contribution in [0, 0.1) is 47.3 Å². The smallest absolute Gasteiger partial charge is 0.119 e. The van der Waals surface area contributed by atoms with Gasteiger partial charge in [-0.1, -0.05) is 301 Å². The summed E-state index contributed by atoms with van der Waals surface area (Å²) in [6.45, 7) is 17.0. The fraction of sp³-hybridized carbons (Fsp3) is 0.478. The van der Waals surface area contributed by atoms with Crippen LogP contribution < -0.4 is 42.5 Å². The monoisotopic (exact) mass is 1460 g/mol. The largest absolute Gasteiger partial charge is 0.508 e. The van der Waals surface area contributed by atoms with Gasteiger partial charge < -0.3 is 20.4 Å². The van der Waals surface area contributed by atoms with Gasteiger partial charge in [-0.15, -0.1) is 0 Å². The topological polar surface area (TPSA) is 177 Å². The molecule has 8 bridgehead atoms. The number of phenolic OH excluding ortho intramolecular Hbond substituents is 4. The van der Waals surface area contributed by atoms with Gasteiger partial charge in [0.15, 0.2) is 0 Å². The number of phenols is 4. The molecule has 13 heteroatoms. The van der Waals surface area contributed by atoms with Crippen molar-refractivity contribution in [1.82, 2.24) is 42.5 Å². The van der Waals surface area contributed by atoms with Gasteiger partial charge >= 0.3 is 0 Å². The Morgan fingerprint density at radius 2 is 0.343 bits per heavy atom. The summed E-state index contributed by atoms with van der Waals surface area (Å²) in [6, 6.07) is 71.0. The van der Waals surface area contributed by atoms with Crippen molar-refractivity contribution in [3.05, 3.63) is 263 Å². The normalized spacial score (nSPS) is 28.9. The zero-order valence-corrected chi connectivity index (χ0v) is 64.4. The van der Waals surface area contributed by atoms with Crippen molar-refractivity contribution >= 4 is 0 Å². The molecule has 0 amide bonds. The molecule has 562 valence electrons. The Morgan fingerprint density at radius 1 is 0.210 bits per heavy atom. The van der Waals surface area contributed by atoms with Gasteiger partial charge in [0, 0.05) is 60.4 Å². The molecule has 105 heavy (non-hydrogen) atoms. The summed E-state index contributed by atoms with van der Waals surface area (Å²) < 4.78 is 0. The number of fused-ring (bicyclic) bond motifs is 20. The summed E-state index contributed by atoms with van der Waals surface area (Å²) in [5.41, 5.74) is 7.96. The summed E-state index contributed by atoms with van der Waals surface area (Å²) in [7, 11) is 0. The van der Waals surface area contributed by atoms with Crippen molar-refractivity contribution in [1.29, 1.82) is 0 Å². The second-order valence-corrected chi connectivity index (χ2v) is 33.6. The minimum atomic E-state index is -0.174. The number of hydrogen-bond donors (Lipinski definition) is 12. The number of rotatable bonds is 8. The number of hydrogen-bond acceptors (Lipinski definition) is 12. The Bertz CT molecular complexity index is 3430. The molecule has 17 rings (SSSR count). The zero-order valence-electron chi connectivity index (χ0n) is 63.4. The van der Waals surface area contributed by atoms with Gasteiger partial charge in [-0.3, -0.25) is 42.5 Å². The van der Waals surface area contributed by atoms with E-state index in [4.69, 9.17) is 0 Å². The average molecular weight is 1460 g/mol. The molecule has 0 aromatic heterocycles. The van der Waals surface area contributed by atoms with E-state index < -0.39 is 0 Å². The predicted molar refractivity (Wildman–Crippen MR) is 424 cm³/mol. The van der Waals surface area contributed by atoms with Crippen LogP contribution in [0.3, 0.4) is 0 Å². The second kappa shape index (κ2) is 34.6. The SMILES string of the molecule is C1CCC2C3NC(NC4NC(NC5NC(NC6NC(N3)C3CCCCC63)C3CCCCC53)C3CCCCC43)C2C1.CC(C)(c1ccccc1)c1ccccc1O.CC(C)(c1ccccc1)c1ccccc1O.CC(C)(c1ccccc1)c1ccccc1O.CC(C)(c1ccccc1)c1ccccc1O.[Ni]. The number of nitrogens with one attached hydrogen (secondary N) is 8. The molecule has 5 saturated heterocycles. The summed E-state index contributed by atoms with van der Waals surface area (Å²) in [6.07, 6.45) is 25.6. The standard InChI is InChI=1S/C32H56N8.4C15H16O.Ni/c1-2-10-18-17(9-1)25-33-26(18)38-28-21-13-5-6-14-22(21)30(35-28)40-32-24-16-8-7-15-23(24)31(36-32)39-29-20-12-4-3-11-19(20)27(34-29)37-25;4*1-15(2,12-8-4-3-5-9-12)13-10-6-7-11-14(13)16;/h17-40H,1-16H2;4*3-11,16H,1-2H3;. The molecule has 8 unspecified atom stereocenters. The van der Waals surface area contributed by atoms with Crippen LogP contribution in [0.4, 0.5) is 0 Å². The second-order valence-electron chi connectivity index (χ2n) is 33.6. The molecule has 0 radical (unpaired) electrons. The molecule has 8 aromatic rings. The molecule has 8 aromatic carbocycles. The van der Waals surface area contributed by atoms with Gasteiger partial charge in [-0.2, -0.15) is 0 Å². The van der Waals surface area contributed by atoms with Crippen LogP contribution >= 0.6 is 0 Å². The van der Waals surface area contributed by atoms with E-state index in [1.807, 2.05) is 146 Å². The maximum absolute atomic E-state index is 9.91. The Labute approximate surface area is 637 Å².